The minimum atomic E-state index is -4.54. The molecule has 0 spiro atoms. The molecule has 1 heterocycles. The second-order valence-electron chi connectivity index (χ2n) is 5.56. The second kappa shape index (κ2) is 7.07. The quantitative estimate of drug-likeness (QED) is 0.578. The van der Waals surface area contributed by atoms with E-state index < -0.39 is 29.3 Å². The first-order valence-corrected chi connectivity index (χ1v) is 8.39. The Labute approximate surface area is 154 Å². The Bertz CT molecular complexity index is 993. The Morgan fingerprint density at radius 2 is 1.70 bits per heavy atom. The summed E-state index contributed by atoms with van der Waals surface area (Å²) >= 11 is 0.753. The number of benzene rings is 2. The molecular formula is C18H11F5N2OS. The molecule has 1 amide bonds. The highest BCUT2D eigenvalue weighted by atomic mass is 32.1. The molecule has 0 unspecified atom stereocenters. The highest BCUT2D eigenvalue weighted by Crippen LogP contribution is 2.33. The molecule has 1 aromatic heterocycles. The van der Waals surface area contributed by atoms with E-state index in [9.17, 15) is 26.7 Å². The Morgan fingerprint density at radius 3 is 2.33 bits per heavy atom. The van der Waals surface area contributed by atoms with Crippen LogP contribution in [0, 0.1) is 18.6 Å². The first kappa shape index (κ1) is 19.0. The largest absolute Gasteiger partial charge is 0.416 e. The van der Waals surface area contributed by atoms with Crippen LogP contribution in [-0.2, 0) is 6.18 Å². The molecule has 0 saturated carbocycles. The zero-order valence-corrected chi connectivity index (χ0v) is 14.5. The predicted octanol–water partition coefficient (Wildman–Crippen LogP) is 5.67. The second-order valence-corrected chi connectivity index (χ2v) is 6.56. The van der Waals surface area contributed by atoms with Crippen molar-refractivity contribution >= 4 is 22.9 Å². The van der Waals surface area contributed by atoms with Crippen molar-refractivity contribution < 1.29 is 26.7 Å². The highest BCUT2D eigenvalue weighted by Gasteiger charge is 2.30. The molecule has 0 bridgehead atoms. The van der Waals surface area contributed by atoms with Crippen molar-refractivity contribution in [3.05, 3.63) is 70.2 Å². The summed E-state index contributed by atoms with van der Waals surface area (Å²) in [6.07, 6.45) is -4.54. The van der Waals surface area contributed by atoms with Crippen molar-refractivity contribution in [3.8, 4) is 10.6 Å². The lowest BCUT2D eigenvalue weighted by molar-refractivity contribution is -0.137. The summed E-state index contributed by atoms with van der Waals surface area (Å²) in [6, 6.07) is 7.49. The first-order valence-electron chi connectivity index (χ1n) is 7.57. The van der Waals surface area contributed by atoms with Crippen LogP contribution in [0.4, 0.5) is 27.6 Å². The van der Waals surface area contributed by atoms with Crippen LogP contribution in [-0.4, -0.2) is 10.9 Å². The molecule has 27 heavy (non-hydrogen) atoms. The van der Waals surface area contributed by atoms with Gasteiger partial charge < -0.3 is 5.32 Å². The predicted molar refractivity (Wildman–Crippen MR) is 91.6 cm³/mol. The Morgan fingerprint density at radius 1 is 1.07 bits per heavy atom. The van der Waals surface area contributed by atoms with Crippen LogP contribution in [0.5, 0.6) is 0 Å². The summed E-state index contributed by atoms with van der Waals surface area (Å²) in [5.41, 5.74) is -1.11. The maximum atomic E-state index is 13.9. The molecule has 3 aromatic rings. The molecule has 2 aromatic carbocycles. The van der Waals surface area contributed by atoms with Crippen molar-refractivity contribution in [2.24, 2.45) is 0 Å². The average Bonchev–Trinajstić information content (AvgIpc) is 2.95. The van der Waals surface area contributed by atoms with Gasteiger partial charge in [-0.25, -0.2) is 13.8 Å². The van der Waals surface area contributed by atoms with Crippen LogP contribution in [0.25, 0.3) is 10.6 Å². The summed E-state index contributed by atoms with van der Waals surface area (Å²) in [4.78, 5) is 16.5. The van der Waals surface area contributed by atoms with Crippen molar-refractivity contribution in [2.45, 2.75) is 13.1 Å². The number of amides is 1. The third-order valence-electron chi connectivity index (χ3n) is 3.63. The van der Waals surface area contributed by atoms with E-state index in [0.29, 0.717) is 0 Å². The topological polar surface area (TPSA) is 42.0 Å². The Hall–Kier alpha value is -2.81. The molecule has 0 atom stereocenters. The summed E-state index contributed by atoms with van der Waals surface area (Å²) in [5, 5.41) is 2.32. The lowest BCUT2D eigenvalue weighted by atomic mass is 10.2. The maximum Gasteiger partial charge on any atom is 0.416 e. The van der Waals surface area contributed by atoms with Gasteiger partial charge in [-0.3, -0.25) is 4.79 Å². The van der Waals surface area contributed by atoms with E-state index in [1.54, 1.807) is 0 Å². The normalized spacial score (nSPS) is 11.5. The summed E-state index contributed by atoms with van der Waals surface area (Å²) < 4.78 is 66.1. The first-order chi connectivity index (χ1) is 12.7. The van der Waals surface area contributed by atoms with Crippen molar-refractivity contribution in [3.63, 3.8) is 0 Å². The number of thiazole rings is 1. The number of alkyl halides is 3. The van der Waals surface area contributed by atoms with E-state index in [1.165, 1.54) is 19.1 Å². The Balaban J connectivity index is 1.90. The number of hydrogen-bond acceptors (Lipinski definition) is 3. The summed E-state index contributed by atoms with van der Waals surface area (Å²) in [6.45, 7) is 1.47. The standard InChI is InChI=1S/C18H11F5N2OS/c1-9-15(27-17(24-9)14-12(19)6-3-7-13(14)20)16(26)25-11-5-2-4-10(8-11)18(21,22)23/h2-8H,1H3,(H,25,26). The fraction of sp³-hybridized carbons (Fsp3) is 0.111. The number of rotatable bonds is 3. The minimum absolute atomic E-state index is 0.0303. The molecule has 140 valence electrons. The molecule has 0 radical (unpaired) electrons. The molecule has 0 aliphatic carbocycles. The van der Waals surface area contributed by atoms with E-state index in [2.05, 4.69) is 10.3 Å². The average molecular weight is 398 g/mol. The number of carbonyl (C=O) groups excluding carboxylic acids is 1. The number of carbonyl (C=O) groups is 1. The number of halogens is 5. The monoisotopic (exact) mass is 398 g/mol. The summed E-state index contributed by atoms with van der Waals surface area (Å²) in [5.74, 6) is -2.37. The number of nitrogens with one attached hydrogen (secondary N) is 1. The van der Waals surface area contributed by atoms with Crippen LogP contribution in [0.3, 0.4) is 0 Å². The van der Waals surface area contributed by atoms with Crippen molar-refractivity contribution in [2.75, 3.05) is 5.32 Å². The molecule has 0 aliphatic heterocycles. The smallest absolute Gasteiger partial charge is 0.321 e. The van der Waals surface area contributed by atoms with Gasteiger partial charge in [0.05, 0.1) is 16.8 Å². The van der Waals surface area contributed by atoms with Crippen LogP contribution < -0.4 is 5.32 Å². The van der Waals surface area contributed by atoms with Gasteiger partial charge in [0.15, 0.2) is 0 Å². The van der Waals surface area contributed by atoms with Gasteiger partial charge in [0.2, 0.25) is 0 Å². The van der Waals surface area contributed by atoms with Gasteiger partial charge in [-0.15, -0.1) is 11.3 Å². The van der Waals surface area contributed by atoms with Gasteiger partial charge in [0, 0.05) is 5.69 Å². The molecule has 9 heteroatoms. The third kappa shape index (κ3) is 3.97. The molecule has 0 fully saturated rings. The SMILES string of the molecule is Cc1nc(-c2c(F)cccc2F)sc1C(=O)Nc1cccc(C(F)(F)F)c1. The van der Waals surface area contributed by atoms with Crippen LogP contribution in [0.1, 0.15) is 20.9 Å². The fourth-order valence-corrected chi connectivity index (χ4v) is 3.39. The lowest BCUT2D eigenvalue weighted by Crippen LogP contribution is -2.13. The van der Waals surface area contributed by atoms with E-state index in [1.807, 2.05) is 0 Å². The van der Waals surface area contributed by atoms with Gasteiger partial charge >= 0.3 is 6.18 Å². The van der Waals surface area contributed by atoms with Gasteiger partial charge in [0.1, 0.15) is 21.5 Å². The van der Waals surface area contributed by atoms with Gasteiger partial charge in [0.25, 0.3) is 5.91 Å². The third-order valence-corrected chi connectivity index (χ3v) is 4.80. The van der Waals surface area contributed by atoms with Crippen molar-refractivity contribution in [1.29, 1.82) is 0 Å². The lowest BCUT2D eigenvalue weighted by Gasteiger charge is -2.09. The molecule has 3 nitrogen and oxygen atoms in total. The molecule has 0 aliphatic rings. The molecule has 1 N–H and O–H groups in total. The van der Waals surface area contributed by atoms with Crippen LogP contribution in [0.2, 0.25) is 0 Å². The number of hydrogen-bond donors (Lipinski definition) is 1. The van der Waals surface area contributed by atoms with E-state index in [0.717, 1.165) is 41.7 Å². The van der Waals surface area contributed by atoms with Gasteiger partial charge in [-0.05, 0) is 37.3 Å². The Kier molecular flexibility index (Phi) is 4.97. The van der Waals surface area contributed by atoms with Gasteiger partial charge in [-0.1, -0.05) is 12.1 Å². The van der Waals surface area contributed by atoms with Gasteiger partial charge in [-0.2, -0.15) is 13.2 Å². The molecular weight excluding hydrogens is 387 g/mol. The zero-order chi connectivity index (χ0) is 19.8. The zero-order valence-electron chi connectivity index (χ0n) is 13.7. The van der Waals surface area contributed by atoms with Crippen molar-refractivity contribution in [1.82, 2.24) is 4.98 Å². The number of nitrogens with zero attached hydrogens (tertiary/aromatic N) is 1. The highest BCUT2D eigenvalue weighted by molar-refractivity contribution is 7.17. The summed E-state index contributed by atoms with van der Waals surface area (Å²) in [7, 11) is 0. The number of aryl methyl sites for hydroxylation is 1. The van der Waals surface area contributed by atoms with E-state index in [4.69, 9.17) is 0 Å². The molecule has 0 saturated heterocycles. The van der Waals surface area contributed by atoms with E-state index in [-0.39, 0.29) is 26.8 Å². The molecule has 3 rings (SSSR count). The maximum absolute atomic E-state index is 13.9. The fourth-order valence-electron chi connectivity index (χ4n) is 2.38. The van der Waals surface area contributed by atoms with Crippen LogP contribution in [0.15, 0.2) is 42.5 Å². The van der Waals surface area contributed by atoms with E-state index >= 15 is 0 Å². The van der Waals surface area contributed by atoms with Crippen LogP contribution >= 0.6 is 11.3 Å². The minimum Gasteiger partial charge on any atom is -0.321 e. The number of anilines is 1. The number of aromatic nitrogens is 1.